The standard InChI is InChI=1S/C8H9BNO3S/c1-2-13-8(12)6-4-10-7(14-6)3-9-5-11/h4-5H,2-3H2,1H3. The van der Waals surface area contributed by atoms with Gasteiger partial charge < -0.3 is 9.53 Å². The van der Waals surface area contributed by atoms with Crippen LogP contribution in [0.2, 0.25) is 0 Å². The van der Waals surface area contributed by atoms with E-state index in [0.717, 1.165) is 5.01 Å². The fourth-order valence-electron chi connectivity index (χ4n) is 0.850. The van der Waals surface area contributed by atoms with Gasteiger partial charge in [-0.15, -0.1) is 11.3 Å². The van der Waals surface area contributed by atoms with Gasteiger partial charge in [-0.25, -0.2) is 9.78 Å². The molecule has 1 aromatic heterocycles. The van der Waals surface area contributed by atoms with E-state index in [1.807, 2.05) is 0 Å². The van der Waals surface area contributed by atoms with Crippen LogP contribution in [-0.4, -0.2) is 31.0 Å². The van der Waals surface area contributed by atoms with Crippen molar-refractivity contribution in [3.63, 3.8) is 0 Å². The first-order chi connectivity index (χ1) is 6.77. The predicted molar refractivity (Wildman–Crippen MR) is 54.3 cm³/mol. The third-order valence-corrected chi connectivity index (χ3v) is 2.42. The van der Waals surface area contributed by atoms with Gasteiger partial charge in [0.1, 0.15) is 4.88 Å². The number of hydrogen-bond acceptors (Lipinski definition) is 5. The number of esters is 1. The van der Waals surface area contributed by atoms with E-state index in [0.29, 0.717) is 24.0 Å². The fourth-order valence-corrected chi connectivity index (χ4v) is 1.64. The first-order valence-corrected chi connectivity index (χ1v) is 4.98. The van der Waals surface area contributed by atoms with Gasteiger partial charge in [-0.2, -0.15) is 0 Å². The second kappa shape index (κ2) is 5.54. The van der Waals surface area contributed by atoms with Crippen molar-refractivity contribution in [2.24, 2.45) is 0 Å². The van der Waals surface area contributed by atoms with Crippen LogP contribution >= 0.6 is 11.3 Å². The summed E-state index contributed by atoms with van der Waals surface area (Å²) in [5.41, 5.74) is 0. The van der Waals surface area contributed by atoms with Gasteiger partial charge in [0.15, 0.2) is 0 Å². The second-order valence-electron chi connectivity index (χ2n) is 2.41. The largest absolute Gasteiger partial charge is 0.462 e. The zero-order valence-electron chi connectivity index (χ0n) is 7.73. The Labute approximate surface area is 86.5 Å². The van der Waals surface area contributed by atoms with Crippen LogP contribution in [0.25, 0.3) is 0 Å². The van der Waals surface area contributed by atoms with Crippen molar-refractivity contribution in [2.75, 3.05) is 6.61 Å². The molecule has 0 amide bonds. The summed E-state index contributed by atoms with van der Waals surface area (Å²) in [5, 5.41) is 0.736. The zero-order valence-corrected chi connectivity index (χ0v) is 8.54. The number of nitrogens with zero attached hydrogens (tertiary/aromatic N) is 1. The normalized spacial score (nSPS) is 9.50. The van der Waals surface area contributed by atoms with E-state index in [9.17, 15) is 9.59 Å². The molecule has 0 saturated carbocycles. The molecule has 0 spiro atoms. The molecule has 6 heteroatoms. The molecule has 1 radical (unpaired) electrons. The lowest BCUT2D eigenvalue weighted by Gasteiger charge is -1.95. The van der Waals surface area contributed by atoms with Gasteiger partial charge in [-0.3, -0.25) is 0 Å². The van der Waals surface area contributed by atoms with Gasteiger partial charge in [0.25, 0.3) is 0 Å². The van der Waals surface area contributed by atoms with Crippen molar-refractivity contribution in [1.29, 1.82) is 0 Å². The summed E-state index contributed by atoms with van der Waals surface area (Å²) in [7, 11) is 1.45. The predicted octanol–water partition coefficient (Wildman–Crippen LogP) is 0.714. The molecule has 0 unspecified atom stereocenters. The molecule has 4 nitrogen and oxygen atoms in total. The molecule has 73 valence electrons. The molecule has 0 aromatic carbocycles. The van der Waals surface area contributed by atoms with Crippen LogP contribution in [0.15, 0.2) is 6.20 Å². The van der Waals surface area contributed by atoms with E-state index in [1.165, 1.54) is 24.8 Å². The number of hydrogen-bond donors (Lipinski definition) is 0. The third kappa shape index (κ3) is 2.95. The molecule has 0 N–H and O–H groups in total. The highest BCUT2D eigenvalue weighted by molar-refractivity contribution is 7.13. The van der Waals surface area contributed by atoms with Crippen LogP contribution in [0.4, 0.5) is 0 Å². The summed E-state index contributed by atoms with van der Waals surface area (Å²) in [6.45, 7) is 2.10. The van der Waals surface area contributed by atoms with Crippen LogP contribution in [0.5, 0.6) is 0 Å². The maximum atomic E-state index is 11.2. The number of thiazole rings is 1. The molecular formula is C8H9BNO3S. The fraction of sp³-hybridized carbons (Fsp3) is 0.375. The van der Waals surface area contributed by atoms with E-state index in [1.54, 1.807) is 6.92 Å². The quantitative estimate of drug-likeness (QED) is 0.408. The van der Waals surface area contributed by atoms with Crippen molar-refractivity contribution in [1.82, 2.24) is 4.98 Å². The van der Waals surface area contributed by atoms with E-state index in [-0.39, 0.29) is 5.97 Å². The minimum Gasteiger partial charge on any atom is -0.462 e. The lowest BCUT2D eigenvalue weighted by atomic mass is 9.78. The molecule has 1 heterocycles. The summed E-state index contributed by atoms with van der Waals surface area (Å²) >= 11 is 1.25. The number of rotatable bonds is 5. The Bertz CT molecular complexity index is 326. The molecule has 0 saturated heterocycles. The maximum Gasteiger partial charge on any atom is 0.349 e. The van der Waals surface area contributed by atoms with Crippen LogP contribution in [0.1, 0.15) is 21.6 Å². The Balaban J connectivity index is 2.58. The minimum absolute atomic E-state index is 0.354. The Hall–Kier alpha value is -1.17. The highest BCUT2D eigenvalue weighted by Gasteiger charge is 2.10. The Kier molecular flexibility index (Phi) is 4.32. The van der Waals surface area contributed by atoms with Crippen LogP contribution in [0, 0.1) is 0 Å². The molecule has 0 fully saturated rings. The summed E-state index contributed by atoms with van der Waals surface area (Å²) in [6, 6.07) is 0. The van der Waals surface area contributed by atoms with E-state index in [2.05, 4.69) is 4.98 Å². The highest BCUT2D eigenvalue weighted by Crippen LogP contribution is 2.13. The number of aromatic nitrogens is 1. The van der Waals surface area contributed by atoms with Crippen molar-refractivity contribution >= 4 is 30.8 Å². The number of carbonyl (C=O) groups is 2. The van der Waals surface area contributed by atoms with Crippen LogP contribution < -0.4 is 0 Å². The molecule has 0 bridgehead atoms. The van der Waals surface area contributed by atoms with Crippen molar-refractivity contribution < 1.29 is 14.3 Å². The molecule has 1 aromatic rings. The van der Waals surface area contributed by atoms with Gasteiger partial charge >= 0.3 is 5.97 Å². The molecule has 0 atom stereocenters. The van der Waals surface area contributed by atoms with Crippen LogP contribution in [-0.2, 0) is 15.9 Å². The summed E-state index contributed by atoms with van der Waals surface area (Å²) < 4.78 is 4.80. The smallest absolute Gasteiger partial charge is 0.349 e. The van der Waals surface area contributed by atoms with Gasteiger partial charge in [-0.1, -0.05) is 0 Å². The van der Waals surface area contributed by atoms with Gasteiger partial charge in [0.05, 0.1) is 24.0 Å². The third-order valence-electron chi connectivity index (χ3n) is 1.42. The first-order valence-electron chi connectivity index (χ1n) is 4.16. The number of ether oxygens (including phenoxy) is 1. The lowest BCUT2D eigenvalue weighted by Crippen LogP contribution is -2.01. The average Bonchev–Trinajstić information content (AvgIpc) is 2.63. The molecule has 0 aliphatic carbocycles. The van der Waals surface area contributed by atoms with Crippen molar-refractivity contribution in [2.45, 2.75) is 13.2 Å². The Morgan fingerprint density at radius 2 is 2.57 bits per heavy atom. The molecule has 0 aliphatic rings. The lowest BCUT2D eigenvalue weighted by molar-refractivity contribution is 0.0532. The second-order valence-corrected chi connectivity index (χ2v) is 3.53. The molecule has 14 heavy (non-hydrogen) atoms. The van der Waals surface area contributed by atoms with Gasteiger partial charge in [0.2, 0.25) is 7.28 Å². The summed E-state index contributed by atoms with van der Waals surface area (Å²) in [4.78, 5) is 25.7. The summed E-state index contributed by atoms with van der Waals surface area (Å²) in [5.74, 6) is -0.359. The van der Waals surface area contributed by atoms with E-state index >= 15 is 0 Å². The number of carbonyl (C=O) groups excluding carboxylic acids is 2. The van der Waals surface area contributed by atoms with E-state index in [4.69, 9.17) is 4.74 Å². The Morgan fingerprint density at radius 1 is 1.79 bits per heavy atom. The monoisotopic (exact) mass is 210 g/mol. The van der Waals surface area contributed by atoms with E-state index < -0.39 is 0 Å². The maximum absolute atomic E-state index is 11.2. The first kappa shape index (κ1) is 10.9. The minimum atomic E-state index is -0.359. The molecule has 1 rings (SSSR count). The SMILES string of the molecule is CCOC(=O)c1cnc(C[B]C=O)s1. The van der Waals surface area contributed by atoms with Crippen LogP contribution in [0.3, 0.4) is 0 Å². The Morgan fingerprint density at radius 3 is 3.21 bits per heavy atom. The van der Waals surface area contributed by atoms with Crippen molar-refractivity contribution in [3.05, 3.63) is 16.1 Å². The molecule has 0 aliphatic heterocycles. The topological polar surface area (TPSA) is 56.3 Å². The van der Waals surface area contributed by atoms with Gasteiger partial charge in [-0.05, 0) is 13.2 Å². The zero-order chi connectivity index (χ0) is 10.4. The summed E-state index contributed by atoms with van der Waals surface area (Å²) in [6.07, 6.45) is 2.65. The highest BCUT2D eigenvalue weighted by atomic mass is 32.1. The average molecular weight is 210 g/mol. The van der Waals surface area contributed by atoms with Crippen molar-refractivity contribution in [3.8, 4) is 0 Å². The molecular weight excluding hydrogens is 201 g/mol. The van der Waals surface area contributed by atoms with Gasteiger partial charge in [0, 0.05) is 0 Å².